The monoisotopic (exact) mass is 1060 g/mol. The van der Waals surface area contributed by atoms with Crippen LogP contribution < -0.4 is 31.9 Å². The topological polar surface area (TPSA) is 232 Å². The molecule has 2 bridgehead atoms. The van der Waals surface area contributed by atoms with Crippen LogP contribution in [0.2, 0.25) is 0 Å². The van der Waals surface area contributed by atoms with E-state index < -0.39 is 97.0 Å². The van der Waals surface area contributed by atoms with Gasteiger partial charge in [0, 0.05) is 26.7 Å². The minimum Gasteiger partial charge on any atom is -0.404 e. The van der Waals surface area contributed by atoms with Crippen LogP contribution >= 0.6 is 0 Å². The van der Waals surface area contributed by atoms with Crippen LogP contribution in [0.4, 0.5) is 0 Å². The van der Waals surface area contributed by atoms with Gasteiger partial charge in [0.25, 0.3) is 0 Å². The third-order valence-corrected chi connectivity index (χ3v) is 15.9. The van der Waals surface area contributed by atoms with Gasteiger partial charge in [0.15, 0.2) is 0 Å². The number of amides is 7. The van der Waals surface area contributed by atoms with Gasteiger partial charge >= 0.3 is 7.12 Å². The van der Waals surface area contributed by atoms with Crippen LogP contribution in [0.3, 0.4) is 0 Å². The van der Waals surface area contributed by atoms with Crippen molar-refractivity contribution in [2.45, 2.75) is 259 Å². The van der Waals surface area contributed by atoms with Gasteiger partial charge in [-0.2, -0.15) is 0 Å². The number of carbonyl (C=O) groups excluding carboxylic acids is 7. The van der Waals surface area contributed by atoms with Crippen LogP contribution in [-0.2, 0) is 52.3 Å². The molecule has 7 amide bonds. The molecule has 18 nitrogen and oxygen atoms in total. The van der Waals surface area contributed by atoms with E-state index in [9.17, 15) is 33.6 Å². The van der Waals surface area contributed by atoms with E-state index in [2.05, 4.69) is 59.6 Å². The highest BCUT2D eigenvalue weighted by atomic mass is 16.7. The molecule has 5 unspecified atom stereocenters. The summed E-state index contributed by atoms with van der Waals surface area (Å²) in [5.74, 6) is -3.55. The van der Waals surface area contributed by atoms with E-state index in [0.717, 1.165) is 51.4 Å². The van der Waals surface area contributed by atoms with E-state index in [1.165, 1.54) is 70.7 Å². The second-order valence-corrected chi connectivity index (χ2v) is 23.2. The summed E-state index contributed by atoms with van der Waals surface area (Å²) < 4.78 is 24.8. The summed E-state index contributed by atoms with van der Waals surface area (Å²) in [7, 11) is 0.776. The number of hydrogen-bond acceptors (Lipinski definition) is 11. The molecule has 75 heavy (non-hydrogen) atoms. The van der Waals surface area contributed by atoms with Crippen LogP contribution in [-0.4, -0.2) is 141 Å². The molecule has 1 heterocycles. The average Bonchev–Trinajstić information content (AvgIpc) is 3.93. The van der Waals surface area contributed by atoms with E-state index in [0.29, 0.717) is 44.3 Å². The van der Waals surface area contributed by atoms with Gasteiger partial charge in [-0.1, -0.05) is 126 Å². The van der Waals surface area contributed by atoms with Gasteiger partial charge in [-0.15, -0.1) is 0 Å². The Morgan fingerprint density at radius 1 is 0.640 bits per heavy atom. The Labute approximate surface area is 451 Å². The van der Waals surface area contributed by atoms with E-state index in [4.69, 9.17) is 18.8 Å². The van der Waals surface area contributed by atoms with Crippen LogP contribution in [0.5, 0.6) is 0 Å². The maximum atomic E-state index is 14.1. The van der Waals surface area contributed by atoms with E-state index in [-0.39, 0.29) is 36.4 Å². The molecule has 6 N–H and O–H groups in total. The summed E-state index contributed by atoms with van der Waals surface area (Å²) in [6.45, 7) is 23.5. The van der Waals surface area contributed by atoms with Gasteiger partial charge in [-0.25, -0.2) is 0 Å². The molecule has 2 saturated carbocycles. The number of hydrogen-bond donors (Lipinski definition) is 6. The van der Waals surface area contributed by atoms with Crippen LogP contribution in [0.25, 0.3) is 0 Å². The third kappa shape index (κ3) is 20.2. The highest BCUT2D eigenvalue weighted by Gasteiger charge is 2.70. The Balaban J connectivity index is 1.56. The first-order valence-electron chi connectivity index (χ1n) is 29.1. The van der Waals surface area contributed by atoms with Gasteiger partial charge in [-0.05, 0) is 96.3 Å². The lowest BCUT2D eigenvalue weighted by Gasteiger charge is -2.35. The van der Waals surface area contributed by atoms with Crippen molar-refractivity contribution in [3.05, 3.63) is 0 Å². The number of unbranched alkanes of at least 4 members (excludes halogenated alkanes) is 12. The van der Waals surface area contributed by atoms with Gasteiger partial charge in [0.1, 0.15) is 30.2 Å². The van der Waals surface area contributed by atoms with Gasteiger partial charge < -0.3 is 55.6 Å². The number of carbonyl (C=O) groups is 7. The Hall–Kier alpha value is -3.81. The third-order valence-electron chi connectivity index (χ3n) is 15.9. The molecule has 1 aliphatic heterocycles. The summed E-state index contributed by atoms with van der Waals surface area (Å²) in [5, 5.41) is 16.6. The quantitative estimate of drug-likeness (QED) is 0.0291. The molecule has 3 aliphatic rings. The molecular formula is C56H102BN7O11. The van der Waals surface area contributed by atoms with Crippen LogP contribution in [0.1, 0.15) is 205 Å². The summed E-state index contributed by atoms with van der Waals surface area (Å²) in [4.78, 5) is 96.4. The number of likely N-dealkylation sites (N-methyl/N-ethyl adjacent to an activating group) is 1. The average molecular weight is 1060 g/mol. The van der Waals surface area contributed by atoms with Crippen molar-refractivity contribution < 1.29 is 52.3 Å². The van der Waals surface area contributed by atoms with Crippen LogP contribution in [0.15, 0.2) is 0 Å². The van der Waals surface area contributed by atoms with Crippen molar-refractivity contribution >= 4 is 48.5 Å². The first-order valence-corrected chi connectivity index (χ1v) is 29.1. The SMILES string of the molecule is CCCCCCCCCCCCCC(=O)N[C@H](COCCCC)C(=O)N[C@H](C)C(=O)NCC(=O)N(C)[C@H](C(=O)N[C@@H](C)C(=O)N[C@@H](CC(C)C)C(=O)N[C@@H](C)B1OC2C3CCC(C3(C)C)C2(C)O1)C(C)OCCCC. The second kappa shape index (κ2) is 32.8. The number of nitrogens with one attached hydrogen (secondary N) is 6. The predicted octanol–water partition coefficient (Wildman–Crippen LogP) is 6.45. The molecule has 3 fully saturated rings. The van der Waals surface area contributed by atoms with Crippen molar-refractivity contribution in [1.82, 2.24) is 36.8 Å². The van der Waals surface area contributed by atoms with Crippen molar-refractivity contribution in [3.8, 4) is 0 Å². The molecule has 0 aromatic rings. The summed E-state index contributed by atoms with van der Waals surface area (Å²) in [6.07, 6.45) is 17.8. The minimum absolute atomic E-state index is 0.0366. The molecule has 3 rings (SSSR count). The first kappa shape index (κ1) is 65.5. The van der Waals surface area contributed by atoms with E-state index in [1.54, 1.807) is 6.92 Å². The number of fused-ring (bicyclic) bond motifs is 5. The fourth-order valence-electron chi connectivity index (χ4n) is 11.3. The predicted molar refractivity (Wildman–Crippen MR) is 293 cm³/mol. The smallest absolute Gasteiger partial charge is 0.404 e. The summed E-state index contributed by atoms with van der Waals surface area (Å²) in [5.41, 5.74) is -0.320. The highest BCUT2D eigenvalue weighted by molar-refractivity contribution is 6.47. The molecule has 11 atom stereocenters. The molecule has 430 valence electrons. The zero-order valence-corrected chi connectivity index (χ0v) is 48.6. The molecular weight excluding hydrogens is 957 g/mol. The van der Waals surface area contributed by atoms with Gasteiger partial charge in [0.2, 0.25) is 41.4 Å². The summed E-state index contributed by atoms with van der Waals surface area (Å²) in [6, 6.07) is -5.38. The minimum atomic E-state index is -1.22. The number of ether oxygens (including phenoxy) is 2. The molecule has 0 aromatic carbocycles. The molecule has 0 aromatic heterocycles. The van der Waals surface area contributed by atoms with E-state index >= 15 is 0 Å². The Morgan fingerprint density at radius 3 is 1.80 bits per heavy atom. The van der Waals surface area contributed by atoms with Gasteiger partial charge in [-0.3, -0.25) is 33.6 Å². The number of nitrogens with zero attached hydrogens (tertiary/aromatic N) is 1. The van der Waals surface area contributed by atoms with Crippen molar-refractivity contribution in [3.63, 3.8) is 0 Å². The Kier molecular flexibility index (Phi) is 28.7. The largest absolute Gasteiger partial charge is 0.481 e. The normalized spacial score (nSPS) is 22.3. The fraction of sp³-hybridized carbons (Fsp3) is 0.875. The molecule has 1 saturated heterocycles. The summed E-state index contributed by atoms with van der Waals surface area (Å²) >= 11 is 0. The number of rotatable bonds is 38. The lowest BCUT2D eigenvalue weighted by atomic mass is 9.75. The lowest BCUT2D eigenvalue weighted by molar-refractivity contribution is -0.145. The first-order chi connectivity index (χ1) is 35.5. The maximum absolute atomic E-state index is 14.1. The Bertz CT molecular complexity index is 1810. The van der Waals surface area contributed by atoms with Gasteiger partial charge in [0.05, 0.1) is 36.9 Å². The second-order valence-electron chi connectivity index (χ2n) is 23.2. The molecule has 0 spiro atoms. The molecule has 2 aliphatic carbocycles. The van der Waals surface area contributed by atoms with Crippen molar-refractivity contribution in [2.75, 3.05) is 33.4 Å². The van der Waals surface area contributed by atoms with E-state index in [1.807, 2.05) is 34.6 Å². The molecule has 0 radical (unpaired) electrons. The standard InChI is InChI=1S/C56H102BN7O11/c1-14-17-20-21-22-23-24-25-26-27-28-29-46(65)62-44(36-72-32-18-15-2)53(70)59-38(6)50(67)58-35-47(66)64(13)48(40(8)73-33-19-16-3)54(71)60-39(7)51(68)63-43(34-37(4)5)52(69)61-41(9)57-74-49-42-30-31-45(55(42,10)11)56(49,12)75-57/h37-45,48-49H,14-36H2,1-13H3,(H,58,67)(H,59,70)(H,60,71)(H,61,69)(H,62,65)(H,63,68)/t38-,39+,40?,41+,42?,43+,44-,45?,48+,49?,56?/m1/s1. The zero-order valence-electron chi connectivity index (χ0n) is 48.6. The van der Waals surface area contributed by atoms with Crippen molar-refractivity contribution in [1.29, 1.82) is 0 Å². The fourth-order valence-corrected chi connectivity index (χ4v) is 11.3. The lowest BCUT2D eigenvalue weighted by Crippen LogP contribution is -2.60. The zero-order chi connectivity index (χ0) is 55.9. The molecule has 19 heteroatoms. The highest BCUT2D eigenvalue weighted by Crippen LogP contribution is 2.65. The Morgan fingerprint density at radius 2 is 1.20 bits per heavy atom. The van der Waals surface area contributed by atoms with Crippen LogP contribution in [0, 0.1) is 23.2 Å². The van der Waals surface area contributed by atoms with Crippen molar-refractivity contribution in [2.24, 2.45) is 23.2 Å². The maximum Gasteiger partial charge on any atom is 0.481 e.